The number of benzene rings is 1. The van der Waals surface area contributed by atoms with E-state index in [2.05, 4.69) is 20.9 Å². The van der Waals surface area contributed by atoms with Gasteiger partial charge in [-0.3, -0.25) is 4.40 Å². The Labute approximate surface area is 131 Å². The molecule has 108 valence electrons. The summed E-state index contributed by atoms with van der Waals surface area (Å²) in [6.45, 7) is 3.90. The second-order valence-corrected chi connectivity index (χ2v) is 5.72. The van der Waals surface area contributed by atoms with E-state index < -0.39 is 0 Å². The van der Waals surface area contributed by atoms with Crippen molar-refractivity contribution in [3.8, 4) is 11.6 Å². The van der Waals surface area contributed by atoms with Crippen molar-refractivity contribution in [1.82, 2.24) is 9.38 Å². The van der Waals surface area contributed by atoms with E-state index in [1.807, 2.05) is 54.8 Å². The number of pyridine rings is 1. The highest BCUT2D eigenvalue weighted by Crippen LogP contribution is 2.31. The van der Waals surface area contributed by atoms with Crippen LogP contribution in [-0.4, -0.2) is 14.5 Å². The van der Waals surface area contributed by atoms with Crippen molar-refractivity contribution in [2.45, 2.75) is 20.5 Å². The fraction of sp³-hybridized carbons (Fsp3) is 0.188. The number of fused-ring (bicyclic) bond motifs is 1. The van der Waals surface area contributed by atoms with E-state index in [0.717, 1.165) is 21.2 Å². The van der Waals surface area contributed by atoms with Gasteiger partial charge in [0.25, 0.3) is 0 Å². The van der Waals surface area contributed by atoms with Crippen LogP contribution in [-0.2, 0) is 6.61 Å². The van der Waals surface area contributed by atoms with Gasteiger partial charge in [0.15, 0.2) is 0 Å². The highest BCUT2D eigenvalue weighted by atomic mass is 79.9. The number of imidazole rings is 1. The number of hydrogen-bond acceptors (Lipinski definition) is 3. The first kappa shape index (κ1) is 14.1. The summed E-state index contributed by atoms with van der Waals surface area (Å²) in [5.74, 6) is 1.15. The average Bonchev–Trinajstić information content (AvgIpc) is 2.81. The van der Waals surface area contributed by atoms with Crippen LogP contribution in [0, 0.1) is 13.8 Å². The third-order valence-corrected chi connectivity index (χ3v) is 4.62. The monoisotopic (exact) mass is 346 g/mol. The van der Waals surface area contributed by atoms with Gasteiger partial charge in [-0.2, -0.15) is 4.98 Å². The zero-order chi connectivity index (χ0) is 15.0. The van der Waals surface area contributed by atoms with E-state index in [0.29, 0.717) is 17.3 Å². The third-order valence-electron chi connectivity index (χ3n) is 3.37. The molecule has 5 heteroatoms. The Morgan fingerprint density at radius 3 is 2.62 bits per heavy atom. The number of aryl methyl sites for hydroxylation is 2. The van der Waals surface area contributed by atoms with Gasteiger partial charge in [0.05, 0.1) is 6.61 Å². The molecular formula is C16H15BrN2O2. The number of halogens is 1. The van der Waals surface area contributed by atoms with Crippen molar-refractivity contribution in [3.05, 3.63) is 57.8 Å². The summed E-state index contributed by atoms with van der Waals surface area (Å²) in [6.07, 6.45) is 1.86. The first-order valence-corrected chi connectivity index (χ1v) is 7.41. The molecule has 0 radical (unpaired) electrons. The molecule has 21 heavy (non-hydrogen) atoms. The maximum atomic E-state index is 9.59. The van der Waals surface area contributed by atoms with E-state index in [4.69, 9.17) is 4.74 Å². The topological polar surface area (TPSA) is 46.8 Å². The van der Waals surface area contributed by atoms with Gasteiger partial charge < -0.3 is 9.84 Å². The molecule has 0 atom stereocenters. The predicted molar refractivity (Wildman–Crippen MR) is 84.8 cm³/mol. The van der Waals surface area contributed by atoms with Gasteiger partial charge in [0.2, 0.25) is 5.88 Å². The van der Waals surface area contributed by atoms with Crippen LogP contribution in [0.4, 0.5) is 0 Å². The Kier molecular flexibility index (Phi) is 3.69. The van der Waals surface area contributed by atoms with Crippen LogP contribution in [0.1, 0.15) is 16.8 Å². The van der Waals surface area contributed by atoms with Crippen molar-refractivity contribution in [3.63, 3.8) is 0 Å². The molecule has 0 aliphatic carbocycles. The van der Waals surface area contributed by atoms with Gasteiger partial charge in [-0.1, -0.05) is 22.0 Å². The summed E-state index contributed by atoms with van der Waals surface area (Å²) >= 11 is 3.54. The van der Waals surface area contributed by atoms with Crippen molar-refractivity contribution >= 4 is 21.6 Å². The molecule has 2 aromatic heterocycles. The van der Waals surface area contributed by atoms with Crippen LogP contribution < -0.4 is 4.74 Å². The zero-order valence-electron chi connectivity index (χ0n) is 11.8. The fourth-order valence-electron chi connectivity index (χ4n) is 2.33. The van der Waals surface area contributed by atoms with Gasteiger partial charge >= 0.3 is 0 Å². The third kappa shape index (κ3) is 2.54. The van der Waals surface area contributed by atoms with E-state index in [1.165, 1.54) is 0 Å². The number of nitrogens with zero attached hydrogens (tertiary/aromatic N) is 2. The van der Waals surface area contributed by atoms with Gasteiger partial charge in [0, 0.05) is 10.7 Å². The Hall–Kier alpha value is -1.85. The molecule has 3 rings (SSSR count). The van der Waals surface area contributed by atoms with Crippen LogP contribution in [0.3, 0.4) is 0 Å². The van der Waals surface area contributed by atoms with E-state index in [1.54, 1.807) is 0 Å². The quantitative estimate of drug-likeness (QED) is 0.779. The number of aliphatic hydroxyl groups is 1. The van der Waals surface area contributed by atoms with E-state index >= 15 is 0 Å². The minimum absolute atomic E-state index is 0.130. The van der Waals surface area contributed by atoms with Gasteiger partial charge in [-0.25, -0.2) is 0 Å². The van der Waals surface area contributed by atoms with Gasteiger partial charge in [0.1, 0.15) is 17.1 Å². The Morgan fingerprint density at radius 2 is 1.95 bits per heavy atom. The first-order valence-electron chi connectivity index (χ1n) is 6.61. The lowest BCUT2D eigenvalue weighted by molar-refractivity contribution is 0.269. The van der Waals surface area contributed by atoms with Gasteiger partial charge in [-0.05, 0) is 49.2 Å². The Bertz CT molecular complexity index is 788. The number of rotatable bonds is 3. The molecule has 1 aromatic carbocycles. The molecule has 2 heterocycles. The summed E-state index contributed by atoms with van der Waals surface area (Å²) in [5.41, 5.74) is 3.59. The maximum Gasteiger partial charge on any atom is 0.243 e. The smallest absolute Gasteiger partial charge is 0.243 e. The molecule has 0 aliphatic heterocycles. The summed E-state index contributed by atoms with van der Waals surface area (Å²) < 4.78 is 8.79. The lowest BCUT2D eigenvalue weighted by Gasteiger charge is -2.09. The molecule has 0 bridgehead atoms. The Morgan fingerprint density at radius 1 is 1.24 bits per heavy atom. The fourth-order valence-corrected chi connectivity index (χ4v) is 2.56. The minimum Gasteiger partial charge on any atom is -0.437 e. The molecule has 0 saturated carbocycles. The van der Waals surface area contributed by atoms with Crippen molar-refractivity contribution < 1.29 is 9.84 Å². The summed E-state index contributed by atoms with van der Waals surface area (Å²) in [5, 5.41) is 9.59. The molecule has 0 fully saturated rings. The van der Waals surface area contributed by atoms with E-state index in [-0.39, 0.29) is 6.61 Å². The average molecular weight is 347 g/mol. The standard InChI is InChI=1S/C16H15BrN2O2/c1-10-7-12(8-11(2)15(10)17)21-16-13(9-20)19-6-4-3-5-14(19)18-16/h3-8,20H,9H2,1-2H3. The Balaban J connectivity index is 2.06. The second-order valence-electron chi connectivity index (χ2n) is 4.92. The molecule has 0 amide bonds. The molecule has 0 aliphatic rings. The predicted octanol–water partition coefficient (Wildman–Crippen LogP) is 4.00. The first-order chi connectivity index (χ1) is 10.1. The highest BCUT2D eigenvalue weighted by Gasteiger charge is 2.14. The molecule has 4 nitrogen and oxygen atoms in total. The van der Waals surface area contributed by atoms with Crippen molar-refractivity contribution in [2.75, 3.05) is 0 Å². The summed E-state index contributed by atoms with van der Waals surface area (Å²) in [7, 11) is 0. The number of aliphatic hydroxyl groups excluding tert-OH is 1. The molecule has 0 saturated heterocycles. The number of ether oxygens (including phenoxy) is 1. The van der Waals surface area contributed by atoms with E-state index in [9.17, 15) is 5.11 Å². The van der Waals surface area contributed by atoms with Crippen LogP contribution in [0.2, 0.25) is 0 Å². The number of hydrogen-bond donors (Lipinski definition) is 1. The SMILES string of the molecule is Cc1cc(Oc2nc3ccccn3c2CO)cc(C)c1Br. The summed E-state index contributed by atoms with van der Waals surface area (Å²) in [6, 6.07) is 9.57. The molecule has 0 unspecified atom stereocenters. The lowest BCUT2D eigenvalue weighted by Crippen LogP contribution is -1.95. The molecule has 0 spiro atoms. The zero-order valence-corrected chi connectivity index (χ0v) is 13.4. The van der Waals surface area contributed by atoms with Crippen LogP contribution in [0.15, 0.2) is 41.0 Å². The molecule has 3 aromatic rings. The van der Waals surface area contributed by atoms with Crippen LogP contribution in [0.5, 0.6) is 11.6 Å². The molecular weight excluding hydrogens is 332 g/mol. The molecule has 1 N–H and O–H groups in total. The second kappa shape index (κ2) is 5.50. The van der Waals surface area contributed by atoms with Crippen molar-refractivity contribution in [2.24, 2.45) is 0 Å². The lowest BCUT2D eigenvalue weighted by atomic mass is 10.1. The normalized spacial score (nSPS) is 11.0. The maximum absolute atomic E-state index is 9.59. The largest absolute Gasteiger partial charge is 0.437 e. The highest BCUT2D eigenvalue weighted by molar-refractivity contribution is 9.10. The van der Waals surface area contributed by atoms with Crippen LogP contribution in [0.25, 0.3) is 5.65 Å². The van der Waals surface area contributed by atoms with Gasteiger partial charge in [-0.15, -0.1) is 0 Å². The van der Waals surface area contributed by atoms with Crippen molar-refractivity contribution in [1.29, 1.82) is 0 Å². The minimum atomic E-state index is -0.130. The number of aromatic nitrogens is 2. The summed E-state index contributed by atoms with van der Waals surface area (Å²) in [4.78, 5) is 4.43. The van der Waals surface area contributed by atoms with Crippen LogP contribution >= 0.6 is 15.9 Å².